The number of rotatable bonds is 6. The summed E-state index contributed by atoms with van der Waals surface area (Å²) in [5.41, 5.74) is 1.02. The van der Waals surface area contributed by atoms with Crippen LogP contribution in [0.3, 0.4) is 0 Å². The Morgan fingerprint density at radius 3 is 2.85 bits per heavy atom. The highest BCUT2D eigenvalue weighted by molar-refractivity contribution is 6.30. The molecule has 6 nitrogen and oxygen atoms in total. The van der Waals surface area contributed by atoms with E-state index in [-0.39, 0.29) is 17.9 Å². The average Bonchev–Trinajstić information content (AvgIpc) is 3.29. The van der Waals surface area contributed by atoms with Gasteiger partial charge in [-0.2, -0.15) is 5.10 Å². The first-order chi connectivity index (χ1) is 12.5. The van der Waals surface area contributed by atoms with Crippen LogP contribution in [-0.2, 0) is 11.3 Å². The summed E-state index contributed by atoms with van der Waals surface area (Å²) in [5.74, 6) is 1.43. The zero-order valence-electron chi connectivity index (χ0n) is 15.3. The standard InChI is InChI=1S/C19H24ClN3O3/c1-13(11-22-12-14(20)10-21-22)19(24)23-8-4-5-17(23)16-7-6-15(25-2)9-18(16)26-3/h6-7,9-10,12-13,17H,4-5,8,11H2,1-3H3. The van der Waals surface area contributed by atoms with Crippen molar-refractivity contribution < 1.29 is 14.3 Å². The number of carbonyl (C=O) groups excluding carboxylic acids is 1. The predicted molar refractivity (Wildman–Crippen MR) is 99.6 cm³/mol. The third-order valence-corrected chi connectivity index (χ3v) is 5.01. The molecule has 1 saturated heterocycles. The Labute approximate surface area is 158 Å². The number of methoxy groups -OCH3 is 2. The third-order valence-electron chi connectivity index (χ3n) is 4.82. The van der Waals surface area contributed by atoms with Gasteiger partial charge in [-0.1, -0.05) is 18.5 Å². The fraction of sp³-hybridized carbons (Fsp3) is 0.474. The Kier molecular flexibility index (Phi) is 5.71. The Bertz CT molecular complexity index is 777. The zero-order chi connectivity index (χ0) is 18.7. The number of benzene rings is 1. The van der Waals surface area contributed by atoms with Crippen LogP contribution in [0.4, 0.5) is 0 Å². The fourth-order valence-corrected chi connectivity index (χ4v) is 3.68. The molecule has 0 saturated carbocycles. The van der Waals surface area contributed by atoms with Gasteiger partial charge < -0.3 is 14.4 Å². The lowest BCUT2D eigenvalue weighted by atomic mass is 10.0. The van der Waals surface area contributed by atoms with Crippen LogP contribution in [0.25, 0.3) is 0 Å². The maximum Gasteiger partial charge on any atom is 0.227 e. The van der Waals surface area contributed by atoms with Gasteiger partial charge in [0.25, 0.3) is 0 Å². The molecule has 1 aliphatic heterocycles. The van der Waals surface area contributed by atoms with Gasteiger partial charge in [-0.15, -0.1) is 0 Å². The molecule has 2 unspecified atom stereocenters. The van der Waals surface area contributed by atoms with E-state index in [1.165, 1.54) is 0 Å². The Hall–Kier alpha value is -2.21. The number of likely N-dealkylation sites (tertiary alicyclic amines) is 1. The Morgan fingerprint density at radius 2 is 2.19 bits per heavy atom. The zero-order valence-corrected chi connectivity index (χ0v) is 16.1. The molecule has 1 amide bonds. The molecule has 2 heterocycles. The van der Waals surface area contributed by atoms with Gasteiger partial charge in [-0.3, -0.25) is 9.48 Å². The van der Waals surface area contributed by atoms with Gasteiger partial charge in [0.2, 0.25) is 5.91 Å². The van der Waals surface area contributed by atoms with Gasteiger partial charge in [0, 0.05) is 24.4 Å². The second-order valence-electron chi connectivity index (χ2n) is 6.58. The van der Waals surface area contributed by atoms with Crippen molar-refractivity contribution in [2.45, 2.75) is 32.4 Å². The lowest BCUT2D eigenvalue weighted by molar-refractivity contribution is -0.136. The van der Waals surface area contributed by atoms with Crippen LogP contribution in [0.15, 0.2) is 30.6 Å². The normalized spacial score (nSPS) is 18.0. The van der Waals surface area contributed by atoms with E-state index in [4.69, 9.17) is 21.1 Å². The molecule has 3 rings (SSSR count). The maximum absolute atomic E-state index is 13.0. The Morgan fingerprint density at radius 1 is 1.38 bits per heavy atom. The number of hydrogen-bond acceptors (Lipinski definition) is 4. The summed E-state index contributed by atoms with van der Waals surface area (Å²) in [5, 5.41) is 4.74. The molecule has 1 aromatic carbocycles. The third kappa shape index (κ3) is 3.80. The van der Waals surface area contributed by atoms with Crippen LogP contribution in [-0.4, -0.2) is 41.4 Å². The summed E-state index contributed by atoms with van der Waals surface area (Å²) in [6.45, 7) is 3.19. The summed E-state index contributed by atoms with van der Waals surface area (Å²) in [6, 6.07) is 5.79. The molecule has 7 heteroatoms. The van der Waals surface area contributed by atoms with Crippen LogP contribution >= 0.6 is 11.6 Å². The van der Waals surface area contributed by atoms with E-state index in [1.807, 2.05) is 30.0 Å². The van der Waals surface area contributed by atoms with E-state index in [0.29, 0.717) is 11.6 Å². The van der Waals surface area contributed by atoms with Crippen molar-refractivity contribution in [2.75, 3.05) is 20.8 Å². The van der Waals surface area contributed by atoms with Crippen LogP contribution in [0.1, 0.15) is 31.4 Å². The number of hydrogen-bond donors (Lipinski definition) is 0. The summed E-state index contributed by atoms with van der Waals surface area (Å²) in [4.78, 5) is 15.0. The van der Waals surface area contributed by atoms with Gasteiger partial charge in [0.1, 0.15) is 11.5 Å². The highest BCUT2D eigenvalue weighted by Crippen LogP contribution is 2.39. The van der Waals surface area contributed by atoms with E-state index in [1.54, 1.807) is 31.3 Å². The number of carbonyl (C=O) groups is 1. The van der Waals surface area contributed by atoms with Crippen molar-refractivity contribution in [3.8, 4) is 11.5 Å². The Balaban J connectivity index is 1.78. The number of amides is 1. The first kappa shape index (κ1) is 18.6. The minimum Gasteiger partial charge on any atom is -0.497 e. The van der Waals surface area contributed by atoms with E-state index in [2.05, 4.69) is 5.10 Å². The van der Waals surface area contributed by atoms with Gasteiger partial charge in [0.15, 0.2) is 0 Å². The van der Waals surface area contributed by atoms with Crippen LogP contribution in [0.5, 0.6) is 11.5 Å². The largest absolute Gasteiger partial charge is 0.497 e. The van der Waals surface area contributed by atoms with Crippen molar-refractivity contribution in [1.29, 1.82) is 0 Å². The van der Waals surface area contributed by atoms with Gasteiger partial charge in [-0.05, 0) is 25.0 Å². The van der Waals surface area contributed by atoms with E-state index < -0.39 is 0 Å². The van der Waals surface area contributed by atoms with Crippen molar-refractivity contribution in [1.82, 2.24) is 14.7 Å². The van der Waals surface area contributed by atoms with Crippen LogP contribution in [0.2, 0.25) is 5.02 Å². The molecule has 1 aromatic heterocycles. The summed E-state index contributed by atoms with van der Waals surface area (Å²) < 4.78 is 12.5. The molecule has 26 heavy (non-hydrogen) atoms. The monoisotopic (exact) mass is 377 g/mol. The second-order valence-corrected chi connectivity index (χ2v) is 7.02. The molecule has 1 aliphatic rings. The smallest absolute Gasteiger partial charge is 0.227 e. The minimum atomic E-state index is -0.184. The molecule has 0 spiro atoms. The first-order valence-corrected chi connectivity index (χ1v) is 9.11. The molecule has 0 aliphatic carbocycles. The first-order valence-electron chi connectivity index (χ1n) is 8.74. The highest BCUT2D eigenvalue weighted by atomic mass is 35.5. The number of halogens is 1. The molecule has 1 fully saturated rings. The predicted octanol–water partition coefficient (Wildman–Crippen LogP) is 3.55. The lowest BCUT2D eigenvalue weighted by Crippen LogP contribution is -2.36. The van der Waals surface area contributed by atoms with Gasteiger partial charge in [0.05, 0.1) is 43.9 Å². The molecule has 2 aromatic rings. The number of aromatic nitrogens is 2. The summed E-state index contributed by atoms with van der Waals surface area (Å²) >= 11 is 5.91. The molecule has 0 bridgehead atoms. The van der Waals surface area contributed by atoms with E-state index in [0.717, 1.165) is 36.4 Å². The molecule has 140 valence electrons. The van der Waals surface area contributed by atoms with Crippen molar-refractivity contribution in [3.05, 3.63) is 41.2 Å². The lowest BCUT2D eigenvalue weighted by Gasteiger charge is -2.29. The molecular formula is C19H24ClN3O3. The van der Waals surface area contributed by atoms with Gasteiger partial charge >= 0.3 is 0 Å². The van der Waals surface area contributed by atoms with Crippen molar-refractivity contribution >= 4 is 17.5 Å². The van der Waals surface area contributed by atoms with Crippen LogP contribution in [0, 0.1) is 5.92 Å². The van der Waals surface area contributed by atoms with Crippen molar-refractivity contribution in [2.24, 2.45) is 5.92 Å². The quantitative estimate of drug-likeness (QED) is 0.772. The fourth-order valence-electron chi connectivity index (χ4n) is 3.53. The minimum absolute atomic E-state index is 0.0204. The van der Waals surface area contributed by atoms with Crippen LogP contribution < -0.4 is 9.47 Å². The average molecular weight is 378 g/mol. The topological polar surface area (TPSA) is 56.6 Å². The SMILES string of the molecule is COc1ccc(C2CCCN2C(=O)C(C)Cn2cc(Cl)cn2)c(OC)c1. The number of nitrogens with zero attached hydrogens (tertiary/aromatic N) is 3. The van der Waals surface area contributed by atoms with Crippen molar-refractivity contribution in [3.63, 3.8) is 0 Å². The van der Waals surface area contributed by atoms with Gasteiger partial charge in [-0.25, -0.2) is 0 Å². The summed E-state index contributed by atoms with van der Waals surface area (Å²) in [6.07, 6.45) is 5.22. The molecule has 0 radical (unpaired) electrons. The number of ether oxygens (including phenoxy) is 2. The molecule has 2 atom stereocenters. The summed E-state index contributed by atoms with van der Waals surface area (Å²) in [7, 11) is 3.27. The van der Waals surface area contributed by atoms with E-state index >= 15 is 0 Å². The second kappa shape index (κ2) is 7.99. The van der Waals surface area contributed by atoms with E-state index in [9.17, 15) is 4.79 Å². The molecule has 0 N–H and O–H groups in total. The highest BCUT2D eigenvalue weighted by Gasteiger charge is 2.34. The maximum atomic E-state index is 13.0. The molecular weight excluding hydrogens is 354 g/mol.